The van der Waals surface area contributed by atoms with Crippen molar-refractivity contribution in [3.8, 4) is 0 Å². The lowest BCUT2D eigenvalue weighted by Gasteiger charge is -2.09. The Morgan fingerprint density at radius 1 is 1.00 bits per heavy atom. The molecule has 2 aromatic carbocycles. The fourth-order valence-electron chi connectivity index (χ4n) is 1.99. The second kappa shape index (κ2) is 8.04. The molecule has 21 heavy (non-hydrogen) atoms. The van der Waals surface area contributed by atoms with Gasteiger partial charge in [0.1, 0.15) is 5.69 Å². The van der Waals surface area contributed by atoms with Crippen molar-refractivity contribution in [2.45, 2.75) is 26.2 Å². The SMILES string of the molecule is CCCCCNc1cc(N)ccc1N=Nc1ccccc1. The predicted molar refractivity (Wildman–Crippen MR) is 89.5 cm³/mol. The average Bonchev–Trinajstić information content (AvgIpc) is 2.52. The highest BCUT2D eigenvalue weighted by molar-refractivity contribution is 5.70. The summed E-state index contributed by atoms with van der Waals surface area (Å²) in [5.74, 6) is 0. The van der Waals surface area contributed by atoms with Crippen LogP contribution in [0.15, 0.2) is 58.8 Å². The van der Waals surface area contributed by atoms with Gasteiger partial charge >= 0.3 is 0 Å². The second-order valence-electron chi connectivity index (χ2n) is 4.95. The lowest BCUT2D eigenvalue weighted by Crippen LogP contribution is -2.02. The molecule has 0 atom stereocenters. The molecule has 0 fully saturated rings. The second-order valence-corrected chi connectivity index (χ2v) is 4.95. The summed E-state index contributed by atoms with van der Waals surface area (Å²) in [5, 5.41) is 12.0. The molecular weight excluding hydrogens is 260 g/mol. The standard InChI is InChI=1S/C17H22N4/c1-2-3-7-12-19-17-13-14(18)10-11-16(17)21-20-15-8-5-4-6-9-15/h4-6,8-11,13,19H,2-3,7,12,18H2,1H3. The third-order valence-electron chi connectivity index (χ3n) is 3.15. The van der Waals surface area contributed by atoms with Crippen molar-refractivity contribution in [2.75, 3.05) is 17.6 Å². The molecule has 0 aromatic heterocycles. The number of nitrogens with two attached hydrogens (primary N) is 1. The lowest BCUT2D eigenvalue weighted by atomic mass is 10.2. The Hall–Kier alpha value is -2.36. The van der Waals surface area contributed by atoms with Crippen LogP contribution in [0.3, 0.4) is 0 Å². The minimum absolute atomic E-state index is 0.728. The van der Waals surface area contributed by atoms with Crippen molar-refractivity contribution < 1.29 is 0 Å². The maximum atomic E-state index is 5.85. The number of nitrogens with one attached hydrogen (secondary N) is 1. The Morgan fingerprint density at radius 3 is 2.57 bits per heavy atom. The molecule has 0 unspecified atom stereocenters. The van der Waals surface area contributed by atoms with Crippen LogP contribution in [-0.2, 0) is 0 Å². The zero-order chi connectivity index (χ0) is 14.9. The summed E-state index contributed by atoms with van der Waals surface area (Å²) in [6.07, 6.45) is 3.57. The number of benzene rings is 2. The molecule has 0 spiro atoms. The molecule has 0 radical (unpaired) electrons. The van der Waals surface area contributed by atoms with Gasteiger partial charge in [0.15, 0.2) is 0 Å². The Balaban J connectivity index is 2.09. The first-order valence-electron chi connectivity index (χ1n) is 7.40. The normalized spacial score (nSPS) is 10.9. The maximum absolute atomic E-state index is 5.85. The van der Waals surface area contributed by atoms with Gasteiger partial charge in [0.25, 0.3) is 0 Å². The fraction of sp³-hybridized carbons (Fsp3) is 0.294. The number of hydrogen-bond acceptors (Lipinski definition) is 4. The van der Waals surface area contributed by atoms with E-state index in [0.717, 1.165) is 35.7 Å². The van der Waals surface area contributed by atoms with Crippen LogP contribution in [0.1, 0.15) is 26.2 Å². The number of nitrogen functional groups attached to an aromatic ring is 1. The largest absolute Gasteiger partial charge is 0.399 e. The summed E-state index contributed by atoms with van der Waals surface area (Å²) in [5.41, 5.74) is 9.17. The molecule has 0 aliphatic carbocycles. The Labute approximate surface area is 126 Å². The monoisotopic (exact) mass is 282 g/mol. The summed E-state index contributed by atoms with van der Waals surface area (Å²) in [6, 6.07) is 15.3. The molecule has 2 rings (SSSR count). The van der Waals surface area contributed by atoms with E-state index in [9.17, 15) is 0 Å². The molecule has 0 saturated heterocycles. The summed E-state index contributed by atoms with van der Waals surface area (Å²) in [4.78, 5) is 0. The fourth-order valence-corrected chi connectivity index (χ4v) is 1.99. The van der Waals surface area contributed by atoms with Crippen LogP contribution in [0, 0.1) is 0 Å². The van der Waals surface area contributed by atoms with Crippen molar-refractivity contribution in [1.29, 1.82) is 0 Å². The van der Waals surface area contributed by atoms with E-state index in [-0.39, 0.29) is 0 Å². The van der Waals surface area contributed by atoms with Gasteiger partial charge in [0.05, 0.1) is 11.4 Å². The van der Waals surface area contributed by atoms with Crippen molar-refractivity contribution in [2.24, 2.45) is 10.2 Å². The topological polar surface area (TPSA) is 62.8 Å². The molecule has 0 amide bonds. The van der Waals surface area contributed by atoms with Gasteiger partial charge in [-0.3, -0.25) is 0 Å². The number of unbranched alkanes of at least 4 members (excludes halogenated alkanes) is 2. The third-order valence-corrected chi connectivity index (χ3v) is 3.15. The van der Waals surface area contributed by atoms with Gasteiger partial charge in [0, 0.05) is 12.2 Å². The lowest BCUT2D eigenvalue weighted by molar-refractivity contribution is 0.744. The van der Waals surface area contributed by atoms with Gasteiger partial charge in [-0.15, -0.1) is 5.11 Å². The smallest absolute Gasteiger partial charge is 0.109 e. The van der Waals surface area contributed by atoms with Gasteiger partial charge in [-0.1, -0.05) is 38.0 Å². The quantitative estimate of drug-likeness (QED) is 0.412. The first kappa shape index (κ1) is 15.0. The molecule has 4 nitrogen and oxygen atoms in total. The zero-order valence-corrected chi connectivity index (χ0v) is 12.4. The number of rotatable bonds is 7. The summed E-state index contributed by atoms with van der Waals surface area (Å²) >= 11 is 0. The first-order valence-corrected chi connectivity index (χ1v) is 7.40. The number of nitrogens with zero attached hydrogens (tertiary/aromatic N) is 2. The Morgan fingerprint density at radius 2 is 1.81 bits per heavy atom. The van der Waals surface area contributed by atoms with Crippen molar-refractivity contribution in [3.05, 3.63) is 48.5 Å². The van der Waals surface area contributed by atoms with Gasteiger partial charge in [-0.2, -0.15) is 5.11 Å². The van der Waals surface area contributed by atoms with E-state index >= 15 is 0 Å². The van der Waals surface area contributed by atoms with Crippen LogP contribution >= 0.6 is 0 Å². The van der Waals surface area contributed by atoms with E-state index in [0.29, 0.717) is 0 Å². The van der Waals surface area contributed by atoms with E-state index < -0.39 is 0 Å². The molecule has 0 bridgehead atoms. The van der Waals surface area contributed by atoms with Crippen molar-refractivity contribution in [3.63, 3.8) is 0 Å². The van der Waals surface area contributed by atoms with E-state index in [2.05, 4.69) is 22.5 Å². The summed E-state index contributed by atoms with van der Waals surface area (Å²) < 4.78 is 0. The van der Waals surface area contributed by atoms with Crippen LogP contribution in [0.25, 0.3) is 0 Å². The highest BCUT2D eigenvalue weighted by Crippen LogP contribution is 2.29. The van der Waals surface area contributed by atoms with Crippen molar-refractivity contribution >= 4 is 22.7 Å². The number of anilines is 2. The Kier molecular flexibility index (Phi) is 5.76. The van der Waals surface area contributed by atoms with Crippen molar-refractivity contribution in [1.82, 2.24) is 0 Å². The van der Waals surface area contributed by atoms with Gasteiger partial charge in [-0.25, -0.2) is 0 Å². The molecule has 0 aliphatic rings. The molecule has 2 aromatic rings. The summed E-state index contributed by atoms with van der Waals surface area (Å²) in [6.45, 7) is 3.12. The molecule has 0 saturated carbocycles. The van der Waals surface area contributed by atoms with E-state index in [1.165, 1.54) is 12.8 Å². The molecule has 110 valence electrons. The molecule has 4 heteroatoms. The Bertz CT molecular complexity index is 579. The van der Waals surface area contributed by atoms with Crippen LogP contribution in [0.4, 0.5) is 22.7 Å². The highest BCUT2D eigenvalue weighted by Gasteiger charge is 2.02. The van der Waals surface area contributed by atoms with Gasteiger partial charge in [-0.05, 0) is 36.8 Å². The third kappa shape index (κ3) is 4.91. The average molecular weight is 282 g/mol. The molecular formula is C17H22N4. The zero-order valence-electron chi connectivity index (χ0n) is 12.4. The molecule has 0 heterocycles. The van der Waals surface area contributed by atoms with Gasteiger partial charge in [0.2, 0.25) is 0 Å². The number of hydrogen-bond donors (Lipinski definition) is 2. The highest BCUT2D eigenvalue weighted by atomic mass is 15.1. The van der Waals surface area contributed by atoms with E-state index in [4.69, 9.17) is 5.73 Å². The number of azo groups is 1. The minimum Gasteiger partial charge on any atom is -0.399 e. The van der Waals surface area contributed by atoms with Crippen LogP contribution in [0.2, 0.25) is 0 Å². The first-order chi connectivity index (χ1) is 10.3. The van der Waals surface area contributed by atoms with E-state index in [1.807, 2.05) is 48.5 Å². The molecule has 3 N–H and O–H groups in total. The summed E-state index contributed by atoms with van der Waals surface area (Å²) in [7, 11) is 0. The predicted octanol–water partition coefficient (Wildman–Crippen LogP) is 5.29. The van der Waals surface area contributed by atoms with Gasteiger partial charge < -0.3 is 11.1 Å². The minimum atomic E-state index is 0.728. The molecule has 0 aliphatic heterocycles. The van der Waals surface area contributed by atoms with Crippen LogP contribution in [-0.4, -0.2) is 6.54 Å². The maximum Gasteiger partial charge on any atom is 0.109 e. The van der Waals surface area contributed by atoms with Crippen LogP contribution < -0.4 is 11.1 Å². The van der Waals surface area contributed by atoms with E-state index in [1.54, 1.807) is 0 Å². The van der Waals surface area contributed by atoms with Crippen LogP contribution in [0.5, 0.6) is 0 Å².